The van der Waals surface area contributed by atoms with Crippen LogP contribution in [-0.2, 0) is 11.2 Å². The molecule has 0 saturated carbocycles. The summed E-state index contributed by atoms with van der Waals surface area (Å²) in [6, 6.07) is 12.2. The maximum Gasteiger partial charge on any atom is 0.224 e. The largest absolute Gasteiger partial charge is 0.326 e. The summed E-state index contributed by atoms with van der Waals surface area (Å²) >= 11 is 13.8. The molecule has 1 aliphatic rings. The van der Waals surface area contributed by atoms with Crippen molar-refractivity contribution in [3.05, 3.63) is 69.5 Å². The van der Waals surface area contributed by atoms with E-state index in [9.17, 15) is 9.18 Å². The summed E-state index contributed by atoms with van der Waals surface area (Å²) in [5.41, 5.74) is 1.83. The highest BCUT2D eigenvalue weighted by Gasteiger charge is 2.31. The molecule has 3 rings (SSSR count). The number of aryl methyl sites for hydroxylation is 1. The van der Waals surface area contributed by atoms with Gasteiger partial charge in [0.15, 0.2) is 0 Å². The molecular formula is C18H16Cl2FNOS. The molecule has 0 aromatic heterocycles. The van der Waals surface area contributed by atoms with Gasteiger partial charge >= 0.3 is 0 Å². The van der Waals surface area contributed by atoms with Crippen molar-refractivity contribution in [2.24, 2.45) is 0 Å². The lowest BCUT2D eigenvalue weighted by Gasteiger charge is -2.25. The third kappa shape index (κ3) is 3.88. The fourth-order valence-corrected chi connectivity index (χ4v) is 4.57. The van der Waals surface area contributed by atoms with E-state index in [4.69, 9.17) is 23.2 Å². The summed E-state index contributed by atoms with van der Waals surface area (Å²) in [5, 5.41) is 0.730. The SMILES string of the molecule is O=C(CCc1ccc(F)c(Cl)c1)N1CCSC1c1ccccc1Cl. The number of thioether (sulfide) groups is 1. The number of hydrogen-bond acceptors (Lipinski definition) is 2. The van der Waals surface area contributed by atoms with Gasteiger partial charge in [-0.15, -0.1) is 11.8 Å². The Morgan fingerprint density at radius 3 is 2.75 bits per heavy atom. The number of carbonyl (C=O) groups excluding carboxylic acids is 1. The first-order valence-corrected chi connectivity index (χ1v) is 9.46. The first kappa shape index (κ1) is 17.6. The third-order valence-electron chi connectivity index (χ3n) is 3.99. The highest BCUT2D eigenvalue weighted by molar-refractivity contribution is 7.99. The van der Waals surface area contributed by atoms with Gasteiger partial charge in [0.05, 0.1) is 5.02 Å². The smallest absolute Gasteiger partial charge is 0.224 e. The van der Waals surface area contributed by atoms with Gasteiger partial charge in [0, 0.05) is 29.3 Å². The lowest BCUT2D eigenvalue weighted by atomic mass is 10.1. The highest BCUT2D eigenvalue weighted by atomic mass is 35.5. The summed E-state index contributed by atoms with van der Waals surface area (Å²) in [4.78, 5) is 14.5. The summed E-state index contributed by atoms with van der Waals surface area (Å²) in [6.07, 6.45) is 0.902. The molecule has 1 amide bonds. The number of carbonyl (C=O) groups is 1. The van der Waals surface area contributed by atoms with Gasteiger partial charge in [-0.25, -0.2) is 4.39 Å². The van der Waals surface area contributed by atoms with E-state index in [2.05, 4.69) is 0 Å². The van der Waals surface area contributed by atoms with Crippen molar-refractivity contribution in [1.29, 1.82) is 0 Å². The van der Waals surface area contributed by atoms with Crippen LogP contribution < -0.4 is 0 Å². The minimum absolute atomic E-state index is 0.0389. The molecule has 1 unspecified atom stereocenters. The third-order valence-corrected chi connectivity index (χ3v) is 5.87. The van der Waals surface area contributed by atoms with Crippen molar-refractivity contribution in [2.45, 2.75) is 18.2 Å². The number of amides is 1. The van der Waals surface area contributed by atoms with Crippen LogP contribution in [-0.4, -0.2) is 23.1 Å². The van der Waals surface area contributed by atoms with Crippen LogP contribution in [0.15, 0.2) is 42.5 Å². The van der Waals surface area contributed by atoms with E-state index in [0.29, 0.717) is 24.4 Å². The van der Waals surface area contributed by atoms with Crippen LogP contribution in [0.5, 0.6) is 0 Å². The van der Waals surface area contributed by atoms with Crippen LogP contribution in [0, 0.1) is 5.82 Å². The molecule has 6 heteroatoms. The van der Waals surface area contributed by atoms with Gasteiger partial charge in [0.1, 0.15) is 11.2 Å². The molecule has 0 aliphatic carbocycles. The number of halogens is 3. The predicted octanol–water partition coefficient (Wildman–Crippen LogP) is 5.34. The maximum atomic E-state index is 13.2. The van der Waals surface area contributed by atoms with Crippen LogP contribution in [0.25, 0.3) is 0 Å². The van der Waals surface area contributed by atoms with E-state index in [1.807, 2.05) is 29.2 Å². The molecular weight excluding hydrogens is 368 g/mol. The van der Waals surface area contributed by atoms with Crippen molar-refractivity contribution >= 4 is 40.9 Å². The van der Waals surface area contributed by atoms with Crippen LogP contribution in [0.4, 0.5) is 4.39 Å². The zero-order chi connectivity index (χ0) is 17.1. The topological polar surface area (TPSA) is 20.3 Å². The second kappa shape index (κ2) is 7.77. The first-order chi connectivity index (χ1) is 11.6. The number of benzene rings is 2. The Morgan fingerprint density at radius 2 is 2.00 bits per heavy atom. The van der Waals surface area contributed by atoms with E-state index in [1.54, 1.807) is 23.9 Å². The minimum atomic E-state index is -0.443. The lowest BCUT2D eigenvalue weighted by molar-refractivity contribution is -0.131. The molecule has 2 aromatic rings. The van der Waals surface area contributed by atoms with Crippen LogP contribution in [0.1, 0.15) is 22.9 Å². The Kier molecular flexibility index (Phi) is 5.69. The minimum Gasteiger partial charge on any atom is -0.326 e. The van der Waals surface area contributed by atoms with Gasteiger partial charge < -0.3 is 4.90 Å². The average molecular weight is 384 g/mol. The van der Waals surface area contributed by atoms with E-state index in [0.717, 1.165) is 16.9 Å². The molecule has 2 nitrogen and oxygen atoms in total. The molecule has 1 aliphatic heterocycles. The van der Waals surface area contributed by atoms with Crippen molar-refractivity contribution < 1.29 is 9.18 Å². The zero-order valence-electron chi connectivity index (χ0n) is 12.8. The Morgan fingerprint density at radius 1 is 1.21 bits per heavy atom. The monoisotopic (exact) mass is 383 g/mol. The summed E-state index contributed by atoms with van der Waals surface area (Å²) in [6.45, 7) is 0.712. The highest BCUT2D eigenvalue weighted by Crippen LogP contribution is 2.41. The van der Waals surface area contributed by atoms with E-state index in [-0.39, 0.29) is 16.3 Å². The zero-order valence-corrected chi connectivity index (χ0v) is 15.2. The van der Waals surface area contributed by atoms with Gasteiger partial charge in [0.2, 0.25) is 5.91 Å². The first-order valence-electron chi connectivity index (χ1n) is 7.65. The molecule has 1 fully saturated rings. The van der Waals surface area contributed by atoms with Crippen molar-refractivity contribution in [2.75, 3.05) is 12.3 Å². The summed E-state index contributed by atoms with van der Waals surface area (Å²) < 4.78 is 13.2. The molecule has 24 heavy (non-hydrogen) atoms. The molecule has 0 radical (unpaired) electrons. The second-order valence-corrected chi connectivity index (χ2v) is 7.58. The Balaban J connectivity index is 1.67. The van der Waals surface area contributed by atoms with Crippen LogP contribution >= 0.6 is 35.0 Å². The number of nitrogens with zero attached hydrogens (tertiary/aromatic N) is 1. The Labute approximate surface area is 154 Å². The van der Waals surface area contributed by atoms with Crippen LogP contribution in [0.2, 0.25) is 10.0 Å². The molecule has 126 valence electrons. The predicted molar refractivity (Wildman–Crippen MR) is 98.1 cm³/mol. The second-order valence-electron chi connectivity index (χ2n) is 5.58. The Bertz CT molecular complexity index is 756. The average Bonchev–Trinajstić information content (AvgIpc) is 3.05. The molecule has 1 atom stereocenters. The number of hydrogen-bond donors (Lipinski definition) is 0. The van der Waals surface area contributed by atoms with Gasteiger partial charge in [-0.1, -0.05) is 47.5 Å². The molecule has 2 aromatic carbocycles. The fraction of sp³-hybridized carbons (Fsp3) is 0.278. The molecule has 1 heterocycles. The van der Waals surface area contributed by atoms with Gasteiger partial charge in [-0.3, -0.25) is 4.79 Å². The molecule has 0 N–H and O–H groups in total. The van der Waals surface area contributed by atoms with Crippen molar-refractivity contribution in [3.63, 3.8) is 0 Å². The van der Waals surface area contributed by atoms with Gasteiger partial charge in [-0.2, -0.15) is 0 Å². The summed E-state index contributed by atoms with van der Waals surface area (Å²) in [7, 11) is 0. The molecule has 0 bridgehead atoms. The molecule has 0 spiro atoms. The molecule has 1 saturated heterocycles. The maximum absolute atomic E-state index is 13.2. The summed E-state index contributed by atoms with van der Waals surface area (Å²) in [5.74, 6) is 0.524. The quantitative estimate of drug-likeness (QED) is 0.709. The van der Waals surface area contributed by atoms with E-state index >= 15 is 0 Å². The van der Waals surface area contributed by atoms with Crippen molar-refractivity contribution in [1.82, 2.24) is 4.90 Å². The number of rotatable bonds is 4. The van der Waals surface area contributed by atoms with Gasteiger partial charge in [-0.05, 0) is 30.2 Å². The van der Waals surface area contributed by atoms with E-state index in [1.165, 1.54) is 6.07 Å². The van der Waals surface area contributed by atoms with Crippen LogP contribution in [0.3, 0.4) is 0 Å². The Hall–Kier alpha value is -1.23. The lowest BCUT2D eigenvalue weighted by Crippen LogP contribution is -2.30. The standard InChI is InChI=1S/C18H16Cl2FNOS/c19-14-4-2-1-3-13(14)18-22(9-10-24-18)17(23)8-6-12-5-7-16(21)15(20)11-12/h1-5,7,11,18H,6,8-10H2. The van der Waals surface area contributed by atoms with Crippen molar-refractivity contribution in [3.8, 4) is 0 Å². The fourth-order valence-electron chi connectivity index (χ4n) is 2.75. The normalized spacial score (nSPS) is 17.3. The van der Waals surface area contributed by atoms with E-state index < -0.39 is 5.82 Å². The van der Waals surface area contributed by atoms with Gasteiger partial charge in [0.25, 0.3) is 0 Å².